The van der Waals surface area contributed by atoms with E-state index in [4.69, 9.17) is 0 Å². The molecule has 5 saturated carbocycles. The predicted octanol–water partition coefficient (Wildman–Crippen LogP) is 5.16. The molecule has 4 heteroatoms. The lowest BCUT2D eigenvalue weighted by Gasteiger charge is -2.63. The lowest BCUT2D eigenvalue weighted by Crippen LogP contribution is -2.59. The van der Waals surface area contributed by atoms with Crippen LogP contribution < -0.4 is 0 Å². The minimum absolute atomic E-state index is 0.0941. The maximum absolute atomic E-state index is 11.5. The SMILES string of the molecule is CC(C)C(O)CCC(C)C1C(O)CC2(C)C3CCC4C(C)(CO)C(O)CCC45CC35CCC12C. The maximum Gasteiger partial charge on any atom is 0.0618 e. The molecule has 0 aromatic heterocycles. The van der Waals surface area contributed by atoms with Crippen molar-refractivity contribution in [2.75, 3.05) is 6.61 Å². The van der Waals surface area contributed by atoms with Crippen LogP contribution in [0.1, 0.15) is 106 Å². The number of aliphatic hydroxyl groups excluding tert-OH is 4. The third-order valence-corrected chi connectivity index (χ3v) is 13.6. The molecule has 5 fully saturated rings. The molecule has 0 saturated heterocycles. The van der Waals surface area contributed by atoms with Gasteiger partial charge in [0.15, 0.2) is 0 Å². The molecule has 4 N–H and O–H groups in total. The fourth-order valence-electron chi connectivity index (χ4n) is 11.5. The number of hydrogen-bond donors (Lipinski definition) is 4. The van der Waals surface area contributed by atoms with Crippen LogP contribution in [0.5, 0.6) is 0 Å². The van der Waals surface area contributed by atoms with E-state index in [1.54, 1.807) is 0 Å². The van der Waals surface area contributed by atoms with Crippen LogP contribution in [0.15, 0.2) is 0 Å². The molecule has 0 radical (unpaired) electrons. The first-order valence-corrected chi connectivity index (χ1v) is 14.5. The van der Waals surface area contributed by atoms with Crippen LogP contribution in [0.3, 0.4) is 0 Å². The van der Waals surface area contributed by atoms with Gasteiger partial charge in [0.25, 0.3) is 0 Å². The molecule has 4 nitrogen and oxygen atoms in total. The zero-order valence-electron chi connectivity index (χ0n) is 22.7. The van der Waals surface area contributed by atoms with Crippen molar-refractivity contribution in [2.24, 2.45) is 56.7 Å². The van der Waals surface area contributed by atoms with E-state index in [1.807, 2.05) is 0 Å². The van der Waals surface area contributed by atoms with E-state index in [9.17, 15) is 20.4 Å². The fourth-order valence-corrected chi connectivity index (χ4v) is 11.5. The molecule has 5 aliphatic carbocycles. The highest BCUT2D eigenvalue weighted by atomic mass is 16.3. The highest BCUT2D eigenvalue weighted by molar-refractivity contribution is 5.31. The van der Waals surface area contributed by atoms with Gasteiger partial charge in [-0.3, -0.25) is 0 Å². The minimum Gasteiger partial charge on any atom is -0.396 e. The van der Waals surface area contributed by atoms with Crippen LogP contribution >= 0.6 is 0 Å². The van der Waals surface area contributed by atoms with Crippen LogP contribution in [0.4, 0.5) is 0 Å². The predicted molar refractivity (Wildman–Crippen MR) is 135 cm³/mol. The van der Waals surface area contributed by atoms with E-state index in [0.29, 0.717) is 34.5 Å². The van der Waals surface area contributed by atoms with Crippen LogP contribution in [-0.4, -0.2) is 45.3 Å². The quantitative estimate of drug-likeness (QED) is 0.427. The first-order valence-electron chi connectivity index (χ1n) is 14.5. The van der Waals surface area contributed by atoms with Crippen molar-refractivity contribution in [1.82, 2.24) is 0 Å². The van der Waals surface area contributed by atoms with E-state index in [0.717, 1.165) is 38.5 Å². The molecule has 5 aliphatic rings. The van der Waals surface area contributed by atoms with Gasteiger partial charge >= 0.3 is 0 Å². The Bertz CT molecular complexity index is 799. The summed E-state index contributed by atoms with van der Waals surface area (Å²) in [4.78, 5) is 0. The van der Waals surface area contributed by atoms with E-state index >= 15 is 0 Å². The largest absolute Gasteiger partial charge is 0.396 e. The van der Waals surface area contributed by atoms with Gasteiger partial charge in [-0.25, -0.2) is 0 Å². The normalized spacial score (nSPS) is 55.7. The molecule has 12 unspecified atom stereocenters. The average Bonchev–Trinajstić information content (AvgIpc) is 3.39. The van der Waals surface area contributed by atoms with Gasteiger partial charge in [0.1, 0.15) is 0 Å². The van der Waals surface area contributed by atoms with Crippen molar-refractivity contribution in [1.29, 1.82) is 0 Å². The lowest BCUT2D eigenvalue weighted by atomic mass is 9.41. The molecule has 12 atom stereocenters. The molecule has 0 aromatic rings. The summed E-state index contributed by atoms with van der Waals surface area (Å²) in [5.41, 5.74) is 0.563. The van der Waals surface area contributed by atoms with Gasteiger partial charge in [-0.2, -0.15) is 0 Å². The van der Waals surface area contributed by atoms with Crippen molar-refractivity contribution in [3.8, 4) is 0 Å². The summed E-state index contributed by atoms with van der Waals surface area (Å²) < 4.78 is 0. The first kappa shape index (κ1) is 25.5. The highest BCUT2D eigenvalue weighted by Gasteiger charge is 2.83. The second-order valence-electron chi connectivity index (χ2n) is 14.9. The number of rotatable bonds is 6. The van der Waals surface area contributed by atoms with Crippen LogP contribution in [0.2, 0.25) is 0 Å². The molecule has 196 valence electrons. The van der Waals surface area contributed by atoms with E-state index in [2.05, 4.69) is 41.5 Å². The monoisotopic (exact) mass is 476 g/mol. The van der Waals surface area contributed by atoms with E-state index < -0.39 is 0 Å². The van der Waals surface area contributed by atoms with Gasteiger partial charge in [-0.05, 0) is 115 Å². The molecule has 0 amide bonds. The highest BCUT2D eigenvalue weighted by Crippen LogP contribution is 2.89. The second kappa shape index (κ2) is 7.92. The summed E-state index contributed by atoms with van der Waals surface area (Å²) in [5, 5.41) is 43.2. The fraction of sp³-hybridized carbons (Fsp3) is 1.00. The average molecular weight is 477 g/mol. The maximum atomic E-state index is 11.5. The number of aliphatic hydroxyl groups is 4. The summed E-state index contributed by atoms with van der Waals surface area (Å²) in [6.45, 7) is 13.8. The standard InChI is InChI=1S/C30H52O4/c1-18(2)20(32)8-7-19(3)25-21(33)15-28(6)23-10-9-22-26(4,17-31)24(34)11-12-29(22)16-30(23,29)14-13-27(25,28)5/h18-25,31-34H,7-17H2,1-6H3. The summed E-state index contributed by atoms with van der Waals surface area (Å²) in [6, 6.07) is 0. The van der Waals surface area contributed by atoms with Crippen molar-refractivity contribution >= 4 is 0 Å². The van der Waals surface area contributed by atoms with Gasteiger partial charge < -0.3 is 20.4 Å². The van der Waals surface area contributed by atoms with E-state index in [1.165, 1.54) is 25.7 Å². The van der Waals surface area contributed by atoms with Crippen LogP contribution in [0.25, 0.3) is 0 Å². The Morgan fingerprint density at radius 2 is 1.47 bits per heavy atom. The number of hydrogen-bond acceptors (Lipinski definition) is 4. The zero-order chi connectivity index (χ0) is 24.9. The molecular weight excluding hydrogens is 424 g/mol. The van der Waals surface area contributed by atoms with Gasteiger partial charge in [0.2, 0.25) is 0 Å². The van der Waals surface area contributed by atoms with Crippen molar-refractivity contribution in [3.05, 3.63) is 0 Å². The minimum atomic E-state index is -0.383. The molecular formula is C30H52O4. The summed E-state index contributed by atoms with van der Waals surface area (Å²) >= 11 is 0. The van der Waals surface area contributed by atoms with Crippen LogP contribution in [-0.2, 0) is 0 Å². The Labute approximate surface area is 207 Å². The molecule has 5 rings (SSSR count). The third-order valence-electron chi connectivity index (χ3n) is 13.6. The molecule has 2 spiro atoms. The Kier molecular flexibility index (Phi) is 5.94. The van der Waals surface area contributed by atoms with Crippen molar-refractivity contribution in [2.45, 2.75) is 124 Å². The first-order chi connectivity index (χ1) is 15.8. The lowest BCUT2D eigenvalue weighted by molar-refractivity contribution is -0.174. The van der Waals surface area contributed by atoms with Gasteiger partial charge in [0.05, 0.1) is 24.9 Å². The Morgan fingerprint density at radius 1 is 0.824 bits per heavy atom. The Hall–Kier alpha value is -0.160. The summed E-state index contributed by atoms with van der Waals surface area (Å²) in [5.74, 6) is 2.07. The Balaban J connectivity index is 1.42. The molecule has 0 bridgehead atoms. The van der Waals surface area contributed by atoms with Crippen LogP contribution in [0, 0.1) is 56.7 Å². The van der Waals surface area contributed by atoms with Gasteiger partial charge in [0, 0.05) is 5.41 Å². The van der Waals surface area contributed by atoms with Gasteiger partial charge in [-0.1, -0.05) is 41.5 Å². The second-order valence-corrected chi connectivity index (χ2v) is 14.9. The topological polar surface area (TPSA) is 80.9 Å². The Morgan fingerprint density at radius 3 is 2.12 bits per heavy atom. The number of fused-ring (bicyclic) bond motifs is 2. The van der Waals surface area contributed by atoms with Gasteiger partial charge in [-0.15, -0.1) is 0 Å². The van der Waals surface area contributed by atoms with E-state index in [-0.39, 0.29) is 47.1 Å². The molecule has 34 heavy (non-hydrogen) atoms. The molecule has 0 heterocycles. The molecule has 0 aromatic carbocycles. The summed E-state index contributed by atoms with van der Waals surface area (Å²) in [7, 11) is 0. The van der Waals surface area contributed by atoms with Crippen molar-refractivity contribution < 1.29 is 20.4 Å². The zero-order valence-corrected chi connectivity index (χ0v) is 22.7. The smallest absolute Gasteiger partial charge is 0.0618 e. The summed E-state index contributed by atoms with van der Waals surface area (Å²) in [6.07, 6.45) is 9.81. The molecule has 0 aliphatic heterocycles. The van der Waals surface area contributed by atoms with Crippen molar-refractivity contribution in [3.63, 3.8) is 0 Å². The third kappa shape index (κ3) is 2.98.